The smallest absolute Gasteiger partial charge is 0.129 e. The second kappa shape index (κ2) is 3.72. The van der Waals surface area contributed by atoms with Crippen LogP contribution in [0.2, 0.25) is 5.15 Å². The van der Waals surface area contributed by atoms with Crippen molar-refractivity contribution in [2.75, 3.05) is 0 Å². The van der Waals surface area contributed by atoms with Gasteiger partial charge in [-0.1, -0.05) is 24.9 Å². The predicted molar refractivity (Wildman–Crippen MR) is 48.0 cm³/mol. The average molecular weight is 170 g/mol. The maximum Gasteiger partial charge on any atom is 0.129 e. The molecule has 0 unspecified atom stereocenters. The lowest BCUT2D eigenvalue weighted by atomic mass is 10.1. The van der Waals surface area contributed by atoms with Gasteiger partial charge in [0.2, 0.25) is 0 Å². The van der Waals surface area contributed by atoms with Crippen LogP contribution < -0.4 is 0 Å². The molecule has 60 valence electrons. The van der Waals surface area contributed by atoms with E-state index in [0.717, 1.165) is 12.8 Å². The lowest BCUT2D eigenvalue weighted by Gasteiger charge is -2.02. The van der Waals surface area contributed by atoms with Crippen molar-refractivity contribution in [3.63, 3.8) is 0 Å². The van der Waals surface area contributed by atoms with Crippen molar-refractivity contribution < 1.29 is 0 Å². The van der Waals surface area contributed by atoms with E-state index < -0.39 is 0 Å². The minimum absolute atomic E-state index is 0.586. The maximum absolute atomic E-state index is 5.71. The van der Waals surface area contributed by atoms with Crippen molar-refractivity contribution in [3.8, 4) is 0 Å². The minimum atomic E-state index is 0.586. The molecule has 0 atom stereocenters. The summed E-state index contributed by atoms with van der Waals surface area (Å²) in [7, 11) is 0. The number of aromatic nitrogens is 1. The fraction of sp³-hybridized carbons (Fsp3) is 0.444. The molecular formula is C9H12ClN. The number of pyridine rings is 1. The number of rotatable bonds is 2. The molecule has 0 radical (unpaired) electrons. The van der Waals surface area contributed by atoms with Crippen LogP contribution in [0.3, 0.4) is 0 Å². The van der Waals surface area contributed by atoms with E-state index in [9.17, 15) is 0 Å². The van der Waals surface area contributed by atoms with Crippen molar-refractivity contribution in [1.82, 2.24) is 4.98 Å². The molecule has 0 saturated heterocycles. The zero-order chi connectivity index (χ0) is 8.27. The van der Waals surface area contributed by atoms with Crippen molar-refractivity contribution in [2.45, 2.75) is 26.7 Å². The molecule has 2 heteroatoms. The summed E-state index contributed by atoms with van der Waals surface area (Å²) in [6, 6.07) is 1.91. The Labute approximate surface area is 72.4 Å². The van der Waals surface area contributed by atoms with Gasteiger partial charge in [-0.25, -0.2) is 4.98 Å². The molecule has 11 heavy (non-hydrogen) atoms. The van der Waals surface area contributed by atoms with Crippen LogP contribution in [0.15, 0.2) is 12.3 Å². The number of aryl methyl sites for hydroxylation is 2. The highest BCUT2D eigenvalue weighted by atomic mass is 35.5. The molecule has 0 aliphatic carbocycles. The number of nitrogens with zero attached hydrogens (tertiary/aromatic N) is 1. The van der Waals surface area contributed by atoms with E-state index >= 15 is 0 Å². The predicted octanol–water partition coefficient (Wildman–Crippen LogP) is 3.00. The maximum atomic E-state index is 5.71. The second-order valence-electron chi connectivity index (χ2n) is 2.68. The van der Waals surface area contributed by atoms with Gasteiger partial charge in [0.15, 0.2) is 0 Å². The zero-order valence-corrected chi connectivity index (χ0v) is 7.65. The first-order valence-corrected chi connectivity index (χ1v) is 4.23. The third-order valence-electron chi connectivity index (χ3n) is 1.71. The molecule has 0 aromatic carbocycles. The third-order valence-corrected chi connectivity index (χ3v) is 1.91. The normalized spacial score (nSPS) is 10.1. The summed E-state index contributed by atoms with van der Waals surface area (Å²) in [5.41, 5.74) is 2.55. The zero-order valence-electron chi connectivity index (χ0n) is 6.89. The Hall–Kier alpha value is -0.560. The van der Waals surface area contributed by atoms with Gasteiger partial charge in [-0.2, -0.15) is 0 Å². The summed E-state index contributed by atoms with van der Waals surface area (Å²) in [4.78, 5) is 4.02. The molecule has 0 amide bonds. The summed E-state index contributed by atoms with van der Waals surface area (Å²) in [5.74, 6) is 0. The molecular weight excluding hydrogens is 158 g/mol. The second-order valence-corrected chi connectivity index (χ2v) is 3.07. The molecule has 0 spiro atoms. The Morgan fingerprint density at radius 1 is 1.55 bits per heavy atom. The summed E-state index contributed by atoms with van der Waals surface area (Å²) in [5, 5.41) is 0.586. The highest BCUT2D eigenvalue weighted by Crippen LogP contribution is 2.12. The van der Waals surface area contributed by atoms with Crippen LogP contribution in [0.1, 0.15) is 24.5 Å². The van der Waals surface area contributed by atoms with Crippen LogP contribution >= 0.6 is 11.6 Å². The van der Waals surface area contributed by atoms with E-state index in [1.807, 2.05) is 12.3 Å². The lowest BCUT2D eigenvalue weighted by Crippen LogP contribution is -1.89. The fourth-order valence-electron chi connectivity index (χ4n) is 1.08. The Morgan fingerprint density at radius 2 is 2.27 bits per heavy atom. The Kier molecular flexibility index (Phi) is 2.89. The van der Waals surface area contributed by atoms with Gasteiger partial charge in [-0.3, -0.25) is 0 Å². The molecule has 1 rings (SSSR count). The van der Waals surface area contributed by atoms with E-state index in [0.29, 0.717) is 5.15 Å². The van der Waals surface area contributed by atoms with Crippen LogP contribution in [0.4, 0.5) is 0 Å². The Bertz CT molecular complexity index is 245. The molecule has 0 aliphatic rings. The first-order chi connectivity index (χ1) is 5.24. The van der Waals surface area contributed by atoms with Gasteiger partial charge in [0.1, 0.15) is 5.15 Å². The van der Waals surface area contributed by atoms with Crippen molar-refractivity contribution in [1.29, 1.82) is 0 Å². The fourth-order valence-corrected chi connectivity index (χ4v) is 1.29. The molecule has 0 fully saturated rings. The standard InChI is InChI=1S/C9H12ClN/c1-3-4-8-6-11-9(10)5-7(8)2/h5-6H,3-4H2,1-2H3. The lowest BCUT2D eigenvalue weighted by molar-refractivity contribution is 0.904. The summed E-state index contributed by atoms with van der Waals surface area (Å²) in [6.45, 7) is 4.23. The molecule has 1 aromatic heterocycles. The van der Waals surface area contributed by atoms with Gasteiger partial charge in [0, 0.05) is 6.20 Å². The van der Waals surface area contributed by atoms with E-state index in [1.165, 1.54) is 11.1 Å². The highest BCUT2D eigenvalue weighted by molar-refractivity contribution is 6.29. The first-order valence-electron chi connectivity index (χ1n) is 3.85. The van der Waals surface area contributed by atoms with Gasteiger partial charge in [-0.15, -0.1) is 0 Å². The average Bonchev–Trinajstić information content (AvgIpc) is 1.95. The monoisotopic (exact) mass is 169 g/mol. The van der Waals surface area contributed by atoms with Crippen molar-refractivity contribution in [3.05, 3.63) is 28.5 Å². The first kappa shape index (κ1) is 8.54. The summed E-state index contributed by atoms with van der Waals surface area (Å²) in [6.07, 6.45) is 4.11. The molecule has 0 N–H and O–H groups in total. The van der Waals surface area contributed by atoms with E-state index in [1.54, 1.807) is 0 Å². The van der Waals surface area contributed by atoms with Crippen LogP contribution in [-0.2, 0) is 6.42 Å². The number of halogens is 1. The van der Waals surface area contributed by atoms with E-state index in [2.05, 4.69) is 18.8 Å². The topological polar surface area (TPSA) is 12.9 Å². The van der Waals surface area contributed by atoms with Gasteiger partial charge in [-0.05, 0) is 30.5 Å². The van der Waals surface area contributed by atoms with Crippen molar-refractivity contribution in [2.24, 2.45) is 0 Å². The molecule has 0 saturated carbocycles. The summed E-state index contributed by atoms with van der Waals surface area (Å²) >= 11 is 5.71. The van der Waals surface area contributed by atoms with Crippen LogP contribution in [0, 0.1) is 6.92 Å². The highest BCUT2D eigenvalue weighted by Gasteiger charge is 1.97. The Morgan fingerprint density at radius 3 is 2.82 bits per heavy atom. The largest absolute Gasteiger partial charge is 0.244 e. The molecule has 1 aromatic rings. The third kappa shape index (κ3) is 2.19. The van der Waals surface area contributed by atoms with Gasteiger partial charge in [0.25, 0.3) is 0 Å². The minimum Gasteiger partial charge on any atom is -0.244 e. The van der Waals surface area contributed by atoms with Gasteiger partial charge in [0.05, 0.1) is 0 Å². The SMILES string of the molecule is CCCc1cnc(Cl)cc1C. The van der Waals surface area contributed by atoms with Crippen molar-refractivity contribution >= 4 is 11.6 Å². The quantitative estimate of drug-likeness (QED) is 0.621. The molecule has 1 heterocycles. The molecule has 0 aliphatic heterocycles. The van der Waals surface area contributed by atoms with Gasteiger partial charge < -0.3 is 0 Å². The van der Waals surface area contributed by atoms with Crippen LogP contribution in [0.5, 0.6) is 0 Å². The Balaban J connectivity index is 2.90. The van der Waals surface area contributed by atoms with E-state index in [4.69, 9.17) is 11.6 Å². The van der Waals surface area contributed by atoms with Crippen LogP contribution in [-0.4, -0.2) is 4.98 Å². The summed E-state index contributed by atoms with van der Waals surface area (Å²) < 4.78 is 0. The van der Waals surface area contributed by atoms with E-state index in [-0.39, 0.29) is 0 Å². The van der Waals surface area contributed by atoms with Gasteiger partial charge >= 0.3 is 0 Å². The van der Waals surface area contributed by atoms with Crippen LogP contribution in [0.25, 0.3) is 0 Å². The number of hydrogen-bond acceptors (Lipinski definition) is 1. The molecule has 0 bridgehead atoms. The number of hydrogen-bond donors (Lipinski definition) is 0. The molecule has 1 nitrogen and oxygen atoms in total.